The van der Waals surface area contributed by atoms with Crippen molar-refractivity contribution in [3.05, 3.63) is 83.6 Å². The first-order chi connectivity index (χ1) is 15.0. The van der Waals surface area contributed by atoms with Crippen molar-refractivity contribution in [2.24, 2.45) is 5.73 Å². The molecule has 4 rings (SSSR count). The Morgan fingerprint density at radius 3 is 2.48 bits per heavy atom. The molecule has 0 unspecified atom stereocenters. The number of aromatic nitrogens is 3. The number of oxazole rings is 1. The minimum absolute atomic E-state index is 0.158. The lowest BCUT2D eigenvalue weighted by Crippen LogP contribution is -2.13. The zero-order valence-corrected chi connectivity index (χ0v) is 17.0. The molecule has 8 nitrogen and oxygen atoms in total. The van der Waals surface area contributed by atoms with Crippen molar-refractivity contribution in [2.45, 2.75) is 12.8 Å². The fraction of sp³-hybridized carbons (Fsp3) is 0.0909. The number of anilines is 1. The number of rotatable bonds is 7. The molecule has 0 aliphatic heterocycles. The molecule has 0 fully saturated rings. The number of nitrogens with one attached hydrogen (secondary N) is 1. The van der Waals surface area contributed by atoms with Gasteiger partial charge in [0.05, 0.1) is 11.9 Å². The van der Waals surface area contributed by atoms with Gasteiger partial charge in [-0.15, -0.1) is 0 Å². The van der Waals surface area contributed by atoms with Crippen LogP contribution in [0.15, 0.2) is 71.4 Å². The average molecular weight is 436 g/mol. The first kappa shape index (κ1) is 20.4. The largest absolute Gasteiger partial charge is 0.441 e. The van der Waals surface area contributed by atoms with Crippen LogP contribution in [0.4, 0.5) is 5.69 Å². The second kappa shape index (κ2) is 8.85. The number of halogens is 1. The zero-order valence-electron chi connectivity index (χ0n) is 16.3. The fourth-order valence-corrected chi connectivity index (χ4v) is 3.04. The van der Waals surface area contributed by atoms with E-state index in [-0.39, 0.29) is 18.0 Å². The highest BCUT2D eigenvalue weighted by Crippen LogP contribution is 2.23. The van der Waals surface area contributed by atoms with Crippen molar-refractivity contribution in [3.63, 3.8) is 0 Å². The molecular formula is C22H18ClN5O3. The van der Waals surface area contributed by atoms with E-state index in [4.69, 9.17) is 21.8 Å². The van der Waals surface area contributed by atoms with Crippen molar-refractivity contribution >= 4 is 29.1 Å². The van der Waals surface area contributed by atoms with Gasteiger partial charge in [-0.05, 0) is 54.6 Å². The Bertz CT molecular complexity index is 1210. The number of carbonyl (C=O) groups is 2. The molecule has 2 heterocycles. The Hall–Kier alpha value is -3.91. The summed E-state index contributed by atoms with van der Waals surface area (Å²) >= 11 is 5.90. The van der Waals surface area contributed by atoms with Gasteiger partial charge in [0.2, 0.25) is 5.91 Å². The van der Waals surface area contributed by atoms with Crippen LogP contribution in [-0.2, 0) is 11.2 Å². The van der Waals surface area contributed by atoms with Gasteiger partial charge in [0, 0.05) is 35.3 Å². The van der Waals surface area contributed by atoms with Gasteiger partial charge in [-0.2, -0.15) is 5.10 Å². The van der Waals surface area contributed by atoms with E-state index in [9.17, 15) is 9.59 Å². The molecule has 0 saturated heterocycles. The predicted octanol–water partition coefficient (Wildman–Crippen LogP) is 3.85. The van der Waals surface area contributed by atoms with E-state index in [0.717, 1.165) is 11.3 Å². The molecule has 0 aliphatic rings. The molecule has 0 aliphatic carbocycles. The van der Waals surface area contributed by atoms with Crippen molar-refractivity contribution in [1.82, 2.24) is 14.8 Å². The van der Waals surface area contributed by atoms with E-state index in [0.29, 0.717) is 28.8 Å². The SMILES string of the molecule is NC(=O)c1ccn(-c2ccc(NC(=O)CCc3ncc(-c4ccc(Cl)cc4)o3)cc2)n1. The molecule has 0 radical (unpaired) electrons. The van der Waals surface area contributed by atoms with E-state index >= 15 is 0 Å². The maximum Gasteiger partial charge on any atom is 0.269 e. The maximum absolute atomic E-state index is 12.3. The molecule has 0 atom stereocenters. The van der Waals surface area contributed by atoms with Crippen LogP contribution in [0.1, 0.15) is 22.8 Å². The molecule has 0 spiro atoms. The lowest BCUT2D eigenvalue weighted by molar-refractivity contribution is -0.116. The van der Waals surface area contributed by atoms with Crippen LogP contribution in [0.3, 0.4) is 0 Å². The number of benzene rings is 2. The third kappa shape index (κ3) is 4.99. The van der Waals surface area contributed by atoms with Gasteiger partial charge in [0.1, 0.15) is 5.69 Å². The van der Waals surface area contributed by atoms with Gasteiger partial charge in [-0.1, -0.05) is 11.6 Å². The first-order valence-electron chi connectivity index (χ1n) is 9.44. The third-order valence-corrected chi connectivity index (χ3v) is 4.76. The number of amides is 2. The summed E-state index contributed by atoms with van der Waals surface area (Å²) in [7, 11) is 0. The van der Waals surface area contributed by atoms with Gasteiger partial charge >= 0.3 is 0 Å². The summed E-state index contributed by atoms with van der Waals surface area (Å²) in [5, 5.41) is 7.57. The molecule has 2 amide bonds. The van der Waals surface area contributed by atoms with Crippen LogP contribution in [0, 0.1) is 0 Å². The number of hydrogen-bond acceptors (Lipinski definition) is 5. The Labute approximate surface area is 182 Å². The molecule has 2 aromatic carbocycles. The monoisotopic (exact) mass is 435 g/mol. The Balaban J connectivity index is 1.31. The van der Waals surface area contributed by atoms with Crippen molar-refractivity contribution < 1.29 is 14.0 Å². The van der Waals surface area contributed by atoms with Gasteiger partial charge in [0.15, 0.2) is 11.7 Å². The van der Waals surface area contributed by atoms with Crippen molar-refractivity contribution in [1.29, 1.82) is 0 Å². The van der Waals surface area contributed by atoms with Crippen molar-refractivity contribution in [2.75, 3.05) is 5.32 Å². The highest BCUT2D eigenvalue weighted by atomic mass is 35.5. The molecule has 31 heavy (non-hydrogen) atoms. The molecule has 9 heteroatoms. The third-order valence-electron chi connectivity index (χ3n) is 4.51. The maximum atomic E-state index is 12.3. The van der Waals surface area contributed by atoms with E-state index in [1.165, 1.54) is 4.68 Å². The summed E-state index contributed by atoms with van der Waals surface area (Å²) in [6.45, 7) is 0. The summed E-state index contributed by atoms with van der Waals surface area (Å²) in [5.41, 5.74) is 7.64. The second-order valence-electron chi connectivity index (χ2n) is 6.73. The summed E-state index contributed by atoms with van der Waals surface area (Å²) in [4.78, 5) is 27.7. The lowest BCUT2D eigenvalue weighted by Gasteiger charge is -2.06. The Kier molecular flexibility index (Phi) is 5.81. The number of primary amides is 1. The van der Waals surface area contributed by atoms with E-state index < -0.39 is 5.91 Å². The fourth-order valence-electron chi connectivity index (χ4n) is 2.91. The average Bonchev–Trinajstić information content (AvgIpc) is 3.44. The summed E-state index contributed by atoms with van der Waals surface area (Å²) < 4.78 is 7.25. The van der Waals surface area contributed by atoms with Crippen LogP contribution < -0.4 is 11.1 Å². The minimum atomic E-state index is -0.589. The molecule has 4 aromatic rings. The summed E-state index contributed by atoms with van der Waals surface area (Å²) in [6.07, 6.45) is 3.88. The Morgan fingerprint density at radius 1 is 1.06 bits per heavy atom. The van der Waals surface area contributed by atoms with Crippen LogP contribution in [0.5, 0.6) is 0 Å². The minimum Gasteiger partial charge on any atom is -0.441 e. The Morgan fingerprint density at radius 2 is 1.81 bits per heavy atom. The van der Waals surface area contributed by atoms with Gasteiger partial charge in [-0.25, -0.2) is 9.67 Å². The molecule has 0 saturated carbocycles. The van der Waals surface area contributed by atoms with Crippen LogP contribution in [0.25, 0.3) is 17.0 Å². The molecule has 156 valence electrons. The van der Waals surface area contributed by atoms with Crippen LogP contribution >= 0.6 is 11.6 Å². The number of hydrogen-bond donors (Lipinski definition) is 2. The topological polar surface area (TPSA) is 116 Å². The molecule has 3 N–H and O–H groups in total. The van der Waals surface area contributed by atoms with E-state index in [1.54, 1.807) is 54.9 Å². The van der Waals surface area contributed by atoms with E-state index in [1.807, 2.05) is 12.1 Å². The number of aryl methyl sites for hydroxylation is 1. The number of nitrogens with two attached hydrogens (primary N) is 1. The van der Waals surface area contributed by atoms with Gasteiger partial charge in [0.25, 0.3) is 5.91 Å². The quantitative estimate of drug-likeness (QED) is 0.457. The van der Waals surface area contributed by atoms with Gasteiger partial charge < -0.3 is 15.5 Å². The molecular weight excluding hydrogens is 418 g/mol. The van der Waals surface area contributed by atoms with Crippen molar-refractivity contribution in [3.8, 4) is 17.0 Å². The molecule has 2 aromatic heterocycles. The zero-order chi connectivity index (χ0) is 21.8. The van der Waals surface area contributed by atoms with Gasteiger partial charge in [-0.3, -0.25) is 9.59 Å². The number of nitrogens with zero attached hydrogens (tertiary/aromatic N) is 3. The highest BCUT2D eigenvalue weighted by molar-refractivity contribution is 6.30. The lowest BCUT2D eigenvalue weighted by atomic mass is 10.2. The highest BCUT2D eigenvalue weighted by Gasteiger charge is 2.10. The second-order valence-corrected chi connectivity index (χ2v) is 7.17. The predicted molar refractivity (Wildman–Crippen MR) is 116 cm³/mol. The first-order valence-corrected chi connectivity index (χ1v) is 9.82. The van der Waals surface area contributed by atoms with Crippen LogP contribution in [-0.4, -0.2) is 26.6 Å². The normalized spacial score (nSPS) is 10.7. The smallest absolute Gasteiger partial charge is 0.269 e. The van der Waals surface area contributed by atoms with Crippen LogP contribution in [0.2, 0.25) is 5.02 Å². The molecule has 0 bridgehead atoms. The number of carbonyl (C=O) groups excluding carboxylic acids is 2. The van der Waals surface area contributed by atoms with E-state index in [2.05, 4.69) is 15.4 Å². The summed E-state index contributed by atoms with van der Waals surface area (Å²) in [5.74, 6) is 0.364. The standard InChI is InChI=1S/C22H18ClN5O3/c23-15-3-1-14(2-4-15)19-13-25-21(31-19)10-9-20(29)26-16-5-7-17(8-6-16)28-12-11-18(27-28)22(24)30/h1-8,11-13H,9-10H2,(H2,24,30)(H,26,29). The summed E-state index contributed by atoms with van der Waals surface area (Å²) in [6, 6.07) is 15.9.